The maximum Gasteiger partial charge on any atom is 0.303 e. The molecule has 2 fully saturated rings. The molecule has 2 saturated heterocycles. The van der Waals surface area contributed by atoms with E-state index in [0.717, 1.165) is 67.4 Å². The Bertz CT molecular complexity index is 1260. The molecule has 0 saturated carbocycles. The van der Waals surface area contributed by atoms with Gasteiger partial charge < -0.3 is 14.9 Å². The van der Waals surface area contributed by atoms with Crippen LogP contribution in [-0.2, 0) is 4.79 Å². The van der Waals surface area contributed by atoms with Gasteiger partial charge in [-0.1, -0.05) is 29.3 Å². The van der Waals surface area contributed by atoms with Gasteiger partial charge in [0.25, 0.3) is 0 Å². The van der Waals surface area contributed by atoms with Gasteiger partial charge in [-0.05, 0) is 75.7 Å². The number of likely N-dealkylation sites (tertiary alicyclic amines) is 1. The molecule has 0 radical (unpaired) electrons. The van der Waals surface area contributed by atoms with Gasteiger partial charge in [0.1, 0.15) is 0 Å². The Morgan fingerprint density at radius 1 is 1.22 bits per heavy atom. The van der Waals surface area contributed by atoms with Crippen molar-refractivity contribution in [2.45, 2.75) is 45.6 Å². The molecule has 0 spiro atoms. The molecule has 8 nitrogen and oxygen atoms in total. The molecule has 192 valence electrons. The third-order valence-corrected chi connectivity index (χ3v) is 8.23. The SMILES string of the molecule is Cc1nn([C@H](C)c2ccc(Cl)cc2Cl)c2nc(N3CC([C@H]4CCCN(CCCC(=O)O)C4)C3)ncc12. The first-order chi connectivity index (χ1) is 17.3. The molecule has 1 N–H and O–H groups in total. The first-order valence-corrected chi connectivity index (χ1v) is 13.4. The summed E-state index contributed by atoms with van der Waals surface area (Å²) in [7, 11) is 0. The van der Waals surface area contributed by atoms with E-state index in [-0.39, 0.29) is 12.5 Å². The topological polar surface area (TPSA) is 87.4 Å². The predicted octanol–water partition coefficient (Wildman–Crippen LogP) is 5.06. The van der Waals surface area contributed by atoms with Gasteiger partial charge in [-0.3, -0.25) is 4.79 Å². The van der Waals surface area contributed by atoms with Gasteiger partial charge in [-0.25, -0.2) is 9.67 Å². The van der Waals surface area contributed by atoms with E-state index in [1.54, 1.807) is 6.07 Å². The van der Waals surface area contributed by atoms with Crippen molar-refractivity contribution in [1.82, 2.24) is 24.6 Å². The van der Waals surface area contributed by atoms with Crippen LogP contribution in [0.4, 0.5) is 5.95 Å². The number of aliphatic carboxylic acids is 1. The molecule has 3 aromatic rings. The highest BCUT2D eigenvalue weighted by Crippen LogP contribution is 2.34. The quantitative estimate of drug-likeness (QED) is 0.435. The second-order valence-electron chi connectivity index (χ2n) is 10.1. The van der Waals surface area contributed by atoms with Gasteiger partial charge in [-0.2, -0.15) is 10.1 Å². The lowest BCUT2D eigenvalue weighted by Gasteiger charge is -2.46. The lowest BCUT2D eigenvalue weighted by molar-refractivity contribution is -0.137. The van der Waals surface area contributed by atoms with Crippen LogP contribution in [0.3, 0.4) is 0 Å². The lowest BCUT2D eigenvalue weighted by Crippen LogP contribution is -2.54. The Morgan fingerprint density at radius 3 is 2.78 bits per heavy atom. The molecule has 5 rings (SSSR count). The summed E-state index contributed by atoms with van der Waals surface area (Å²) < 4.78 is 1.93. The minimum Gasteiger partial charge on any atom is -0.481 e. The van der Waals surface area contributed by atoms with E-state index in [4.69, 9.17) is 38.4 Å². The average Bonchev–Trinajstić information content (AvgIpc) is 3.14. The number of aromatic nitrogens is 4. The molecular formula is C26H32Cl2N6O2. The monoisotopic (exact) mass is 530 g/mol. The Labute approximate surface area is 221 Å². The summed E-state index contributed by atoms with van der Waals surface area (Å²) in [4.78, 5) is 25.1. The number of benzene rings is 1. The Morgan fingerprint density at radius 2 is 2.03 bits per heavy atom. The van der Waals surface area contributed by atoms with Gasteiger partial charge in [0, 0.05) is 42.3 Å². The molecule has 2 aliphatic rings. The van der Waals surface area contributed by atoms with E-state index in [2.05, 4.69) is 21.7 Å². The number of halogens is 2. The van der Waals surface area contributed by atoms with E-state index in [1.807, 2.05) is 29.9 Å². The molecule has 2 atom stereocenters. The number of aryl methyl sites for hydroxylation is 1. The summed E-state index contributed by atoms with van der Waals surface area (Å²) in [6, 6.07) is 5.44. The third-order valence-electron chi connectivity index (χ3n) is 7.67. The Balaban J connectivity index is 1.27. The minimum absolute atomic E-state index is 0.104. The second kappa shape index (κ2) is 10.5. The standard InChI is InChI=1S/C26H32Cl2N6O2/c1-16-22-12-29-26(30-25(22)34(31-16)17(2)21-8-7-20(27)11-23(21)28)33-14-19(15-33)18-5-3-9-32(13-18)10-4-6-24(35)36/h7-8,11-12,17-19H,3-6,9-10,13-15H2,1-2H3,(H,35,36)/t17-,18+/m1/s1. The Kier molecular flexibility index (Phi) is 7.37. The molecule has 0 bridgehead atoms. The number of rotatable bonds is 8. The summed E-state index contributed by atoms with van der Waals surface area (Å²) in [5, 5.41) is 15.8. The van der Waals surface area contributed by atoms with Gasteiger partial charge in [0.05, 0.1) is 17.1 Å². The molecule has 4 heterocycles. The Hall–Kier alpha value is -2.42. The second-order valence-corrected chi connectivity index (χ2v) is 11.0. The van der Waals surface area contributed by atoms with Crippen LogP contribution in [-0.4, -0.2) is 68.4 Å². The van der Waals surface area contributed by atoms with E-state index in [9.17, 15) is 4.79 Å². The van der Waals surface area contributed by atoms with Crippen molar-refractivity contribution in [1.29, 1.82) is 0 Å². The number of hydrogen-bond acceptors (Lipinski definition) is 6. The van der Waals surface area contributed by atoms with E-state index in [1.165, 1.54) is 12.8 Å². The highest BCUT2D eigenvalue weighted by molar-refractivity contribution is 6.35. The van der Waals surface area contributed by atoms with Crippen LogP contribution in [0.15, 0.2) is 24.4 Å². The molecule has 0 amide bonds. The van der Waals surface area contributed by atoms with Gasteiger partial charge >= 0.3 is 5.97 Å². The number of carboxylic acids is 1. The highest BCUT2D eigenvalue weighted by Gasteiger charge is 2.37. The number of hydrogen-bond donors (Lipinski definition) is 1. The smallest absolute Gasteiger partial charge is 0.303 e. The van der Waals surface area contributed by atoms with E-state index in [0.29, 0.717) is 21.9 Å². The molecule has 2 aliphatic heterocycles. The van der Waals surface area contributed by atoms with Crippen molar-refractivity contribution in [2.24, 2.45) is 11.8 Å². The van der Waals surface area contributed by atoms with Crippen LogP contribution in [0.1, 0.15) is 49.9 Å². The van der Waals surface area contributed by atoms with Crippen molar-refractivity contribution in [3.8, 4) is 0 Å². The van der Waals surface area contributed by atoms with Crippen LogP contribution in [0, 0.1) is 18.8 Å². The largest absolute Gasteiger partial charge is 0.481 e. The number of piperidine rings is 1. The van der Waals surface area contributed by atoms with Crippen molar-refractivity contribution in [3.63, 3.8) is 0 Å². The fourth-order valence-corrected chi connectivity index (χ4v) is 6.12. The number of anilines is 1. The fraction of sp³-hybridized carbons (Fsp3) is 0.538. The summed E-state index contributed by atoms with van der Waals surface area (Å²) in [6.07, 6.45) is 5.26. The maximum atomic E-state index is 10.8. The van der Waals surface area contributed by atoms with Crippen LogP contribution in [0.2, 0.25) is 10.0 Å². The lowest BCUT2D eigenvalue weighted by atomic mass is 9.80. The summed E-state index contributed by atoms with van der Waals surface area (Å²) in [5.41, 5.74) is 2.64. The highest BCUT2D eigenvalue weighted by atomic mass is 35.5. The first kappa shape index (κ1) is 25.2. The van der Waals surface area contributed by atoms with Crippen LogP contribution >= 0.6 is 23.2 Å². The zero-order valence-corrected chi connectivity index (χ0v) is 22.2. The number of carboxylic acid groups (broad SMARTS) is 1. The first-order valence-electron chi connectivity index (χ1n) is 12.7. The zero-order chi connectivity index (χ0) is 25.4. The van der Waals surface area contributed by atoms with Crippen molar-refractivity contribution in [3.05, 3.63) is 45.7 Å². The number of nitrogens with zero attached hydrogens (tertiary/aromatic N) is 6. The number of carbonyl (C=O) groups is 1. The zero-order valence-electron chi connectivity index (χ0n) is 20.7. The molecule has 0 aliphatic carbocycles. The maximum absolute atomic E-state index is 10.8. The van der Waals surface area contributed by atoms with Crippen molar-refractivity contribution in [2.75, 3.05) is 37.6 Å². The van der Waals surface area contributed by atoms with Crippen molar-refractivity contribution < 1.29 is 9.90 Å². The molecule has 10 heteroatoms. The van der Waals surface area contributed by atoms with Gasteiger partial charge in [0.15, 0.2) is 5.65 Å². The van der Waals surface area contributed by atoms with Crippen LogP contribution < -0.4 is 4.90 Å². The van der Waals surface area contributed by atoms with Crippen LogP contribution in [0.25, 0.3) is 11.0 Å². The molecular weight excluding hydrogens is 499 g/mol. The van der Waals surface area contributed by atoms with E-state index >= 15 is 0 Å². The average molecular weight is 531 g/mol. The summed E-state index contributed by atoms with van der Waals surface area (Å²) in [6.45, 7) is 8.94. The molecule has 36 heavy (non-hydrogen) atoms. The number of fused-ring (bicyclic) bond motifs is 1. The van der Waals surface area contributed by atoms with Crippen molar-refractivity contribution >= 4 is 46.2 Å². The molecule has 0 unspecified atom stereocenters. The predicted molar refractivity (Wildman–Crippen MR) is 142 cm³/mol. The fourth-order valence-electron chi connectivity index (χ4n) is 5.56. The summed E-state index contributed by atoms with van der Waals surface area (Å²) in [5.74, 6) is 1.29. The minimum atomic E-state index is -0.711. The van der Waals surface area contributed by atoms with Gasteiger partial charge in [0.2, 0.25) is 5.95 Å². The van der Waals surface area contributed by atoms with E-state index < -0.39 is 5.97 Å². The normalized spacial score (nSPS) is 20.0. The molecule has 1 aromatic carbocycles. The molecule has 2 aromatic heterocycles. The third kappa shape index (κ3) is 5.17. The summed E-state index contributed by atoms with van der Waals surface area (Å²) >= 11 is 12.6. The van der Waals surface area contributed by atoms with Gasteiger partial charge in [-0.15, -0.1) is 0 Å². The van der Waals surface area contributed by atoms with Crippen LogP contribution in [0.5, 0.6) is 0 Å².